The second kappa shape index (κ2) is 4.77. The Morgan fingerprint density at radius 1 is 1.14 bits per heavy atom. The number of fused-ring (bicyclic) bond motifs is 1. The molecule has 6 nitrogen and oxygen atoms in total. The third-order valence-corrected chi connectivity index (χ3v) is 3.71. The highest BCUT2D eigenvalue weighted by Gasteiger charge is 2.47. The van der Waals surface area contributed by atoms with E-state index in [-0.39, 0.29) is 5.75 Å². The maximum absolute atomic E-state index is 12.8. The normalized spacial score (nSPS) is 20.2. The number of para-hydroxylation sites is 1. The summed E-state index contributed by atoms with van der Waals surface area (Å²) in [6.07, 6.45) is 0. The molecule has 0 bridgehead atoms. The van der Waals surface area contributed by atoms with Crippen LogP contribution in [0, 0.1) is 0 Å². The predicted octanol–water partition coefficient (Wildman–Crippen LogP) is 2.27. The summed E-state index contributed by atoms with van der Waals surface area (Å²) in [4.78, 5) is 25.7. The van der Waals surface area contributed by atoms with E-state index in [0.29, 0.717) is 16.9 Å². The average Bonchev–Trinajstić information content (AvgIpc) is 2.49. The molecule has 22 heavy (non-hydrogen) atoms. The van der Waals surface area contributed by atoms with Crippen LogP contribution in [0.4, 0.5) is 11.4 Å². The summed E-state index contributed by atoms with van der Waals surface area (Å²) in [6, 6.07) is 12.6. The number of rotatable bonds is 2. The number of phenols is 1. The number of carboxylic acid groups (broad SMARTS) is 1. The van der Waals surface area contributed by atoms with Gasteiger partial charge in [-0.25, -0.2) is 4.79 Å². The SMILES string of the molecule is CC1(C(=O)O)Nc2ccccc2C(=O)N1c1ccc(O)cc1. The molecule has 2 aromatic rings. The van der Waals surface area contributed by atoms with Gasteiger partial charge in [-0.3, -0.25) is 9.69 Å². The topological polar surface area (TPSA) is 89.9 Å². The van der Waals surface area contributed by atoms with Crippen LogP contribution in [0.1, 0.15) is 17.3 Å². The highest BCUT2D eigenvalue weighted by molar-refractivity contribution is 6.16. The van der Waals surface area contributed by atoms with Gasteiger partial charge in [0.15, 0.2) is 0 Å². The third-order valence-electron chi connectivity index (χ3n) is 3.71. The smallest absolute Gasteiger partial charge is 0.350 e. The van der Waals surface area contributed by atoms with Crippen molar-refractivity contribution in [3.05, 3.63) is 54.1 Å². The van der Waals surface area contributed by atoms with Crippen LogP contribution in [0.25, 0.3) is 0 Å². The van der Waals surface area contributed by atoms with Gasteiger partial charge in [0.2, 0.25) is 5.66 Å². The zero-order chi connectivity index (χ0) is 15.9. The first-order valence-electron chi connectivity index (χ1n) is 6.67. The Hall–Kier alpha value is -3.02. The number of nitrogens with zero attached hydrogens (tertiary/aromatic N) is 1. The van der Waals surface area contributed by atoms with Crippen LogP contribution in [0.5, 0.6) is 5.75 Å². The third kappa shape index (κ3) is 1.96. The lowest BCUT2D eigenvalue weighted by atomic mass is 9.99. The summed E-state index contributed by atoms with van der Waals surface area (Å²) in [5.74, 6) is -1.55. The van der Waals surface area contributed by atoms with Gasteiger partial charge in [0, 0.05) is 11.4 Å². The first-order valence-corrected chi connectivity index (χ1v) is 6.67. The summed E-state index contributed by atoms with van der Waals surface area (Å²) in [6.45, 7) is 1.43. The number of carboxylic acids is 1. The van der Waals surface area contributed by atoms with Crippen LogP contribution in [0.3, 0.4) is 0 Å². The number of aliphatic carboxylic acids is 1. The molecule has 1 aliphatic rings. The van der Waals surface area contributed by atoms with E-state index < -0.39 is 17.5 Å². The highest BCUT2D eigenvalue weighted by atomic mass is 16.4. The minimum atomic E-state index is -1.62. The number of hydrogen-bond donors (Lipinski definition) is 3. The van der Waals surface area contributed by atoms with Crippen molar-refractivity contribution in [1.29, 1.82) is 0 Å². The molecule has 1 unspecified atom stereocenters. The number of hydrogen-bond acceptors (Lipinski definition) is 4. The monoisotopic (exact) mass is 298 g/mol. The van der Waals surface area contributed by atoms with E-state index in [1.54, 1.807) is 24.3 Å². The number of amides is 1. The Labute approximate surface area is 126 Å². The van der Waals surface area contributed by atoms with Crippen LogP contribution in [0.15, 0.2) is 48.5 Å². The molecule has 0 radical (unpaired) electrons. The molecule has 0 saturated carbocycles. The highest BCUT2D eigenvalue weighted by Crippen LogP contribution is 2.35. The van der Waals surface area contributed by atoms with Gasteiger partial charge in [-0.1, -0.05) is 12.1 Å². The fraction of sp³-hybridized carbons (Fsp3) is 0.125. The maximum Gasteiger partial charge on any atom is 0.350 e. The largest absolute Gasteiger partial charge is 0.508 e. The number of benzene rings is 2. The average molecular weight is 298 g/mol. The quantitative estimate of drug-likeness (QED) is 0.791. The van der Waals surface area contributed by atoms with Crippen molar-refractivity contribution in [3.63, 3.8) is 0 Å². The predicted molar refractivity (Wildman–Crippen MR) is 81.0 cm³/mol. The van der Waals surface area contributed by atoms with Crippen molar-refractivity contribution in [3.8, 4) is 5.75 Å². The molecule has 0 fully saturated rings. The van der Waals surface area contributed by atoms with Crippen LogP contribution < -0.4 is 10.2 Å². The fourth-order valence-corrected chi connectivity index (χ4v) is 2.55. The van der Waals surface area contributed by atoms with Crippen LogP contribution in [0.2, 0.25) is 0 Å². The molecule has 0 spiro atoms. The standard InChI is InChI=1S/C16H14N2O4/c1-16(15(21)22)17-13-5-3-2-4-12(13)14(20)18(16)10-6-8-11(19)9-7-10/h2-9,17,19H,1H3,(H,21,22). The van der Waals surface area contributed by atoms with Crippen LogP contribution in [-0.4, -0.2) is 27.8 Å². The Bertz CT molecular complexity index is 757. The number of anilines is 2. The molecular weight excluding hydrogens is 284 g/mol. The van der Waals surface area contributed by atoms with Crippen molar-refractivity contribution < 1.29 is 19.8 Å². The summed E-state index contributed by atoms with van der Waals surface area (Å²) in [5, 5.41) is 21.9. The zero-order valence-corrected chi connectivity index (χ0v) is 11.8. The van der Waals surface area contributed by atoms with E-state index in [0.717, 1.165) is 0 Å². The van der Waals surface area contributed by atoms with Gasteiger partial charge >= 0.3 is 5.97 Å². The Kier molecular flexibility index (Phi) is 3.02. The van der Waals surface area contributed by atoms with Crippen molar-refractivity contribution in [2.24, 2.45) is 0 Å². The molecule has 3 N–H and O–H groups in total. The zero-order valence-electron chi connectivity index (χ0n) is 11.8. The molecular formula is C16H14N2O4. The Balaban J connectivity index is 2.19. The van der Waals surface area contributed by atoms with Crippen LogP contribution >= 0.6 is 0 Å². The first kappa shape index (κ1) is 13.9. The molecule has 1 amide bonds. The molecule has 3 rings (SSSR count). The maximum atomic E-state index is 12.8. The van der Waals surface area contributed by atoms with Gasteiger partial charge in [0.25, 0.3) is 5.91 Å². The number of nitrogens with one attached hydrogen (secondary N) is 1. The second-order valence-electron chi connectivity index (χ2n) is 5.20. The van der Waals surface area contributed by atoms with Crippen molar-refractivity contribution >= 4 is 23.3 Å². The van der Waals surface area contributed by atoms with E-state index in [1.165, 1.54) is 36.1 Å². The molecule has 0 aliphatic carbocycles. The van der Waals surface area contributed by atoms with E-state index >= 15 is 0 Å². The van der Waals surface area contributed by atoms with E-state index in [2.05, 4.69) is 5.32 Å². The Morgan fingerprint density at radius 3 is 2.41 bits per heavy atom. The summed E-state index contributed by atoms with van der Waals surface area (Å²) < 4.78 is 0. The molecule has 1 aliphatic heterocycles. The van der Waals surface area contributed by atoms with E-state index in [1.807, 2.05) is 0 Å². The Morgan fingerprint density at radius 2 is 1.77 bits per heavy atom. The molecule has 0 aromatic heterocycles. The summed E-state index contributed by atoms with van der Waals surface area (Å²) in [5.41, 5.74) is -0.362. The molecule has 1 heterocycles. The van der Waals surface area contributed by atoms with Gasteiger partial charge in [-0.05, 0) is 43.3 Å². The lowest BCUT2D eigenvalue weighted by Gasteiger charge is -2.43. The molecule has 1 atom stereocenters. The van der Waals surface area contributed by atoms with E-state index in [9.17, 15) is 19.8 Å². The van der Waals surface area contributed by atoms with Crippen LogP contribution in [-0.2, 0) is 4.79 Å². The molecule has 112 valence electrons. The minimum Gasteiger partial charge on any atom is -0.508 e. The number of phenolic OH excluding ortho intramolecular Hbond substituents is 1. The molecule has 2 aromatic carbocycles. The van der Waals surface area contributed by atoms with Crippen molar-refractivity contribution in [1.82, 2.24) is 0 Å². The van der Waals surface area contributed by atoms with Gasteiger partial charge in [-0.15, -0.1) is 0 Å². The van der Waals surface area contributed by atoms with Gasteiger partial charge < -0.3 is 15.5 Å². The number of carbonyl (C=O) groups is 2. The molecule has 6 heteroatoms. The number of carbonyl (C=O) groups excluding carboxylic acids is 1. The van der Waals surface area contributed by atoms with Crippen molar-refractivity contribution in [2.75, 3.05) is 10.2 Å². The summed E-state index contributed by atoms with van der Waals surface area (Å²) >= 11 is 0. The fourth-order valence-electron chi connectivity index (χ4n) is 2.55. The lowest BCUT2D eigenvalue weighted by Crippen LogP contribution is -2.63. The van der Waals surface area contributed by atoms with Gasteiger partial charge in [0.1, 0.15) is 5.75 Å². The van der Waals surface area contributed by atoms with E-state index in [4.69, 9.17) is 0 Å². The minimum absolute atomic E-state index is 0.0404. The van der Waals surface area contributed by atoms with Crippen molar-refractivity contribution in [2.45, 2.75) is 12.6 Å². The van der Waals surface area contributed by atoms with Gasteiger partial charge in [-0.2, -0.15) is 0 Å². The van der Waals surface area contributed by atoms with Gasteiger partial charge in [0.05, 0.1) is 5.56 Å². The summed E-state index contributed by atoms with van der Waals surface area (Å²) in [7, 11) is 0. The first-order chi connectivity index (χ1) is 10.4. The lowest BCUT2D eigenvalue weighted by molar-refractivity contribution is -0.141. The number of aromatic hydroxyl groups is 1. The molecule has 0 saturated heterocycles. The second-order valence-corrected chi connectivity index (χ2v) is 5.20.